The lowest BCUT2D eigenvalue weighted by molar-refractivity contribution is 0.174. The maximum Gasteiger partial charge on any atom is 0.277 e. The smallest absolute Gasteiger partial charge is 0.277 e. The predicted molar refractivity (Wildman–Crippen MR) is 141 cm³/mol. The molecule has 1 fully saturated rings. The van der Waals surface area contributed by atoms with Crippen LogP contribution in [0.4, 0.5) is 5.69 Å². The molecule has 5 heterocycles. The monoisotopic (exact) mass is 504 g/mol. The molecule has 0 bridgehead atoms. The van der Waals surface area contributed by atoms with Crippen molar-refractivity contribution in [3.63, 3.8) is 0 Å². The summed E-state index contributed by atoms with van der Waals surface area (Å²) < 4.78 is 20.1. The molecule has 0 atom stereocenters. The number of methoxy groups -OCH3 is 1. The Morgan fingerprint density at radius 1 is 1.00 bits per heavy atom. The second-order valence-electron chi connectivity index (χ2n) is 9.52. The van der Waals surface area contributed by atoms with Crippen LogP contribution < -0.4 is 24.7 Å². The summed E-state index contributed by atoms with van der Waals surface area (Å²) in [6, 6.07) is 9.90. The van der Waals surface area contributed by atoms with Crippen LogP contribution in [0, 0.1) is 6.92 Å². The minimum absolute atomic E-state index is 0.0169. The van der Waals surface area contributed by atoms with Crippen molar-refractivity contribution in [2.45, 2.75) is 33.2 Å². The van der Waals surface area contributed by atoms with E-state index in [-0.39, 0.29) is 5.56 Å². The number of benzene rings is 1. The van der Waals surface area contributed by atoms with Gasteiger partial charge in [0.2, 0.25) is 12.7 Å². The molecule has 0 amide bonds. The van der Waals surface area contributed by atoms with Crippen LogP contribution in [0.2, 0.25) is 0 Å². The summed E-state index contributed by atoms with van der Waals surface area (Å²) in [4.78, 5) is 27.8. The zero-order valence-electron chi connectivity index (χ0n) is 21.6. The largest absolute Gasteiger partial charge is 0.481 e. The predicted octanol–water partition coefficient (Wildman–Crippen LogP) is 2.86. The number of imidazole rings is 1. The highest BCUT2D eigenvalue weighted by atomic mass is 16.7. The molecule has 6 rings (SSSR count). The van der Waals surface area contributed by atoms with Crippen molar-refractivity contribution in [2.75, 3.05) is 51.5 Å². The molecule has 0 unspecified atom stereocenters. The molecule has 0 N–H and O–H groups in total. The van der Waals surface area contributed by atoms with E-state index in [0.29, 0.717) is 36.8 Å². The zero-order valence-corrected chi connectivity index (χ0v) is 21.6. The van der Waals surface area contributed by atoms with Crippen LogP contribution in [-0.2, 0) is 13.0 Å². The minimum atomic E-state index is -0.0169. The van der Waals surface area contributed by atoms with Crippen LogP contribution in [0.25, 0.3) is 16.7 Å². The Kier molecular flexibility index (Phi) is 6.11. The first-order valence-electron chi connectivity index (χ1n) is 12.9. The van der Waals surface area contributed by atoms with E-state index in [0.717, 1.165) is 67.7 Å². The van der Waals surface area contributed by atoms with E-state index in [1.165, 1.54) is 5.69 Å². The SMILES string of the molecule is CCc1nc(C)c2c(=O)n(CCCN3CCN(c4ccc5c(c4)OCO5)CC3)c3ccc(OC)nc3n12. The number of hydrogen-bond acceptors (Lipinski definition) is 8. The zero-order chi connectivity index (χ0) is 25.5. The molecule has 10 nitrogen and oxygen atoms in total. The molecule has 1 saturated heterocycles. The van der Waals surface area contributed by atoms with Crippen LogP contribution in [0.1, 0.15) is 24.9 Å². The summed E-state index contributed by atoms with van der Waals surface area (Å²) >= 11 is 0. The van der Waals surface area contributed by atoms with Crippen molar-refractivity contribution < 1.29 is 14.2 Å². The van der Waals surface area contributed by atoms with Crippen molar-refractivity contribution >= 4 is 22.4 Å². The maximum atomic E-state index is 13.6. The molecule has 3 aromatic heterocycles. The lowest BCUT2D eigenvalue weighted by Crippen LogP contribution is -2.46. The molecular formula is C27H32N6O4. The van der Waals surface area contributed by atoms with E-state index < -0.39 is 0 Å². The molecule has 10 heteroatoms. The first-order chi connectivity index (χ1) is 18.1. The summed E-state index contributed by atoms with van der Waals surface area (Å²) in [5, 5.41) is 0. The van der Waals surface area contributed by atoms with Crippen molar-refractivity contribution in [1.29, 1.82) is 0 Å². The summed E-state index contributed by atoms with van der Waals surface area (Å²) in [5.41, 5.74) is 4.00. The van der Waals surface area contributed by atoms with Gasteiger partial charge in [-0.15, -0.1) is 0 Å². The Hall–Kier alpha value is -3.79. The van der Waals surface area contributed by atoms with E-state index in [1.807, 2.05) is 41.0 Å². The molecule has 0 spiro atoms. The molecule has 37 heavy (non-hydrogen) atoms. The van der Waals surface area contributed by atoms with Gasteiger partial charge in [-0.3, -0.25) is 14.1 Å². The Bertz CT molecular complexity index is 1520. The van der Waals surface area contributed by atoms with Crippen LogP contribution in [-0.4, -0.2) is 70.5 Å². The number of rotatable bonds is 7. The molecule has 194 valence electrons. The van der Waals surface area contributed by atoms with E-state index in [1.54, 1.807) is 7.11 Å². The highest BCUT2D eigenvalue weighted by molar-refractivity contribution is 5.77. The molecule has 2 aliphatic rings. The molecule has 4 aromatic rings. The van der Waals surface area contributed by atoms with Gasteiger partial charge in [-0.05, 0) is 38.1 Å². The third-order valence-electron chi connectivity index (χ3n) is 7.38. The first kappa shape index (κ1) is 23.6. The van der Waals surface area contributed by atoms with Gasteiger partial charge in [-0.25, -0.2) is 4.98 Å². The highest BCUT2D eigenvalue weighted by Gasteiger charge is 2.22. The Morgan fingerprint density at radius 2 is 1.81 bits per heavy atom. The average Bonchev–Trinajstić information content (AvgIpc) is 3.54. The second kappa shape index (κ2) is 9.59. The minimum Gasteiger partial charge on any atom is -0.481 e. The number of anilines is 1. The van der Waals surface area contributed by atoms with Crippen LogP contribution >= 0.6 is 0 Å². The Balaban J connectivity index is 1.17. The number of piperazine rings is 1. The number of ether oxygens (including phenoxy) is 3. The Labute approximate surface area is 215 Å². The third kappa shape index (κ3) is 4.15. The fourth-order valence-corrected chi connectivity index (χ4v) is 5.44. The van der Waals surface area contributed by atoms with Crippen molar-refractivity contribution in [1.82, 2.24) is 23.8 Å². The average molecular weight is 505 g/mol. The molecule has 0 aliphatic carbocycles. The van der Waals surface area contributed by atoms with Gasteiger partial charge in [0.05, 0.1) is 18.3 Å². The van der Waals surface area contributed by atoms with E-state index in [4.69, 9.17) is 19.2 Å². The van der Waals surface area contributed by atoms with Gasteiger partial charge in [0.1, 0.15) is 11.3 Å². The van der Waals surface area contributed by atoms with Gasteiger partial charge in [0.15, 0.2) is 17.1 Å². The quantitative estimate of drug-likeness (QED) is 0.380. The van der Waals surface area contributed by atoms with Gasteiger partial charge in [0.25, 0.3) is 5.56 Å². The summed E-state index contributed by atoms with van der Waals surface area (Å²) in [6.45, 7) is 9.63. The molecular weight excluding hydrogens is 472 g/mol. The molecule has 2 aliphatic heterocycles. The fourth-order valence-electron chi connectivity index (χ4n) is 5.44. The van der Waals surface area contributed by atoms with Gasteiger partial charge < -0.3 is 23.7 Å². The van der Waals surface area contributed by atoms with Crippen molar-refractivity contribution in [3.8, 4) is 17.4 Å². The van der Waals surface area contributed by atoms with Crippen LogP contribution in [0.5, 0.6) is 17.4 Å². The summed E-state index contributed by atoms with van der Waals surface area (Å²) in [7, 11) is 1.60. The lowest BCUT2D eigenvalue weighted by Gasteiger charge is -2.36. The maximum absolute atomic E-state index is 13.6. The fraction of sp³-hybridized carbons (Fsp3) is 0.444. The van der Waals surface area contributed by atoms with Gasteiger partial charge >= 0.3 is 0 Å². The topological polar surface area (TPSA) is 86.4 Å². The number of nitrogens with zero attached hydrogens (tertiary/aromatic N) is 6. The summed E-state index contributed by atoms with van der Waals surface area (Å²) in [5.74, 6) is 2.99. The highest BCUT2D eigenvalue weighted by Crippen LogP contribution is 2.35. The first-order valence-corrected chi connectivity index (χ1v) is 12.9. The second-order valence-corrected chi connectivity index (χ2v) is 9.52. The lowest BCUT2D eigenvalue weighted by atomic mass is 10.2. The van der Waals surface area contributed by atoms with Gasteiger partial charge in [-0.1, -0.05) is 6.92 Å². The van der Waals surface area contributed by atoms with Gasteiger partial charge in [0, 0.05) is 57.0 Å². The third-order valence-corrected chi connectivity index (χ3v) is 7.38. The number of aryl methyl sites for hydroxylation is 3. The van der Waals surface area contributed by atoms with E-state index in [2.05, 4.69) is 26.9 Å². The van der Waals surface area contributed by atoms with E-state index >= 15 is 0 Å². The number of pyridine rings is 1. The van der Waals surface area contributed by atoms with E-state index in [9.17, 15) is 4.79 Å². The van der Waals surface area contributed by atoms with Crippen LogP contribution in [0.3, 0.4) is 0 Å². The molecule has 0 radical (unpaired) electrons. The number of fused-ring (bicyclic) bond motifs is 4. The standard InChI is InChI=1S/C27H32N6O4/c1-4-23-28-18(2)25-27(34)32(20-7-9-24(35-3)29-26(20)33(23)25)11-5-10-30-12-14-31(15-13-30)19-6-8-21-22(16-19)37-17-36-21/h6-9,16H,4-5,10-15,17H2,1-3H3. The number of hydrogen-bond donors (Lipinski definition) is 0. The van der Waals surface area contributed by atoms with Crippen molar-refractivity contribution in [2.24, 2.45) is 0 Å². The normalized spacial score (nSPS) is 15.7. The molecule has 0 saturated carbocycles. The summed E-state index contributed by atoms with van der Waals surface area (Å²) in [6.07, 6.45) is 1.58. The molecule has 1 aromatic carbocycles. The Morgan fingerprint density at radius 3 is 2.59 bits per heavy atom. The van der Waals surface area contributed by atoms with Crippen LogP contribution in [0.15, 0.2) is 35.1 Å². The van der Waals surface area contributed by atoms with Crippen molar-refractivity contribution in [3.05, 3.63) is 52.2 Å². The number of aromatic nitrogens is 4. The van der Waals surface area contributed by atoms with Gasteiger partial charge in [-0.2, -0.15) is 4.98 Å².